The van der Waals surface area contributed by atoms with Crippen LogP contribution in [-0.4, -0.2) is 31.7 Å². The van der Waals surface area contributed by atoms with Gasteiger partial charge in [-0.2, -0.15) is 0 Å². The Hall–Kier alpha value is -1.02. The first-order valence-corrected chi connectivity index (χ1v) is 5.66. The topological polar surface area (TPSA) is 9.23 Å². The van der Waals surface area contributed by atoms with Gasteiger partial charge in [-0.1, -0.05) is 0 Å². The van der Waals surface area contributed by atoms with Crippen LogP contribution in [0.5, 0.6) is 5.75 Å². The largest absolute Gasteiger partial charge is 0.497 e. The minimum Gasteiger partial charge on any atom is -0.497 e. The van der Waals surface area contributed by atoms with Gasteiger partial charge in [-0.05, 0) is 30.7 Å². The first kappa shape index (κ1) is 10.5. The van der Waals surface area contributed by atoms with Crippen LogP contribution in [0.25, 0.3) is 0 Å². The van der Waals surface area contributed by atoms with Gasteiger partial charge >= 0.3 is 0 Å². The summed E-state index contributed by atoms with van der Waals surface area (Å²) in [6.45, 7) is 5.90. The summed E-state index contributed by atoms with van der Waals surface area (Å²) in [6.07, 6.45) is 1.18. The van der Waals surface area contributed by atoms with E-state index in [-0.39, 0.29) is 0 Å². The fourth-order valence-electron chi connectivity index (χ4n) is 2.27. The molecule has 0 saturated carbocycles. The van der Waals surface area contributed by atoms with Crippen LogP contribution in [0.3, 0.4) is 0 Å². The van der Waals surface area contributed by atoms with Crippen LogP contribution in [0, 0.1) is 0 Å². The van der Waals surface area contributed by atoms with E-state index in [1.54, 1.807) is 7.11 Å². The Morgan fingerprint density at radius 1 is 1.33 bits per heavy atom. The van der Waals surface area contributed by atoms with Gasteiger partial charge in [0.05, 0.1) is 27.2 Å². The van der Waals surface area contributed by atoms with E-state index in [4.69, 9.17) is 4.74 Å². The number of benzene rings is 1. The van der Waals surface area contributed by atoms with Crippen molar-refractivity contribution >= 4 is 0 Å². The molecule has 0 N–H and O–H groups in total. The number of rotatable bonds is 2. The maximum absolute atomic E-state index is 5.25. The van der Waals surface area contributed by atoms with Gasteiger partial charge in [0.25, 0.3) is 0 Å². The molecule has 2 heteroatoms. The second-order valence-corrected chi connectivity index (χ2v) is 4.70. The molecule has 15 heavy (non-hydrogen) atoms. The summed E-state index contributed by atoms with van der Waals surface area (Å²) in [4.78, 5) is 0. The molecule has 0 aliphatic carbocycles. The monoisotopic (exact) mass is 206 g/mol. The molecule has 2 rings (SSSR count). The van der Waals surface area contributed by atoms with E-state index in [1.165, 1.54) is 35.1 Å². The first-order valence-electron chi connectivity index (χ1n) is 5.66. The number of nitrogens with zero attached hydrogens (tertiary/aromatic N) is 1. The zero-order valence-corrected chi connectivity index (χ0v) is 9.92. The summed E-state index contributed by atoms with van der Waals surface area (Å²) in [5.74, 6) is 0.987. The minimum absolute atomic E-state index is 0.987. The molecule has 0 aromatic heterocycles. The maximum atomic E-state index is 5.25. The third-order valence-electron chi connectivity index (χ3n) is 3.65. The molecule has 0 saturated heterocycles. The van der Waals surface area contributed by atoms with Crippen molar-refractivity contribution in [3.05, 3.63) is 29.3 Å². The Kier molecular flexibility index (Phi) is 2.70. The lowest BCUT2D eigenvalue weighted by Gasteiger charge is -2.37. The molecule has 1 aromatic rings. The number of hydrogen-bond donors (Lipinski definition) is 0. The lowest BCUT2D eigenvalue weighted by molar-refractivity contribution is -0.922. The predicted octanol–water partition coefficient (Wildman–Crippen LogP) is 2.22. The van der Waals surface area contributed by atoms with Crippen LogP contribution in [-0.2, 0) is 13.0 Å². The summed E-state index contributed by atoms with van der Waals surface area (Å²) in [6, 6.07) is 6.48. The van der Waals surface area contributed by atoms with E-state index in [2.05, 4.69) is 32.2 Å². The highest BCUT2D eigenvalue weighted by molar-refractivity contribution is 5.36. The second-order valence-electron chi connectivity index (χ2n) is 4.70. The van der Waals surface area contributed by atoms with Crippen molar-refractivity contribution in [1.29, 1.82) is 0 Å². The van der Waals surface area contributed by atoms with E-state index < -0.39 is 0 Å². The smallest absolute Gasteiger partial charge is 0.119 e. The summed E-state index contributed by atoms with van der Waals surface area (Å²) < 4.78 is 6.42. The first-order chi connectivity index (χ1) is 7.17. The molecule has 0 spiro atoms. The molecule has 1 heterocycles. The SMILES string of the molecule is CC[N+]1(C)CCc2cc(OC)ccc2C1. The third kappa shape index (κ3) is 2.00. The third-order valence-corrected chi connectivity index (χ3v) is 3.65. The average molecular weight is 206 g/mol. The summed E-state index contributed by atoms with van der Waals surface area (Å²) in [5, 5.41) is 0. The summed E-state index contributed by atoms with van der Waals surface area (Å²) in [7, 11) is 4.07. The molecule has 0 radical (unpaired) electrons. The van der Waals surface area contributed by atoms with E-state index in [0.717, 1.165) is 12.3 Å². The Bertz CT molecular complexity index is 362. The molecule has 0 bridgehead atoms. The molecule has 0 fully saturated rings. The van der Waals surface area contributed by atoms with Crippen LogP contribution < -0.4 is 4.74 Å². The van der Waals surface area contributed by atoms with Gasteiger partial charge in [0.1, 0.15) is 12.3 Å². The van der Waals surface area contributed by atoms with Crippen molar-refractivity contribution in [3.8, 4) is 5.75 Å². The zero-order valence-electron chi connectivity index (χ0n) is 9.92. The highest BCUT2D eigenvalue weighted by Gasteiger charge is 2.26. The molecule has 82 valence electrons. The highest BCUT2D eigenvalue weighted by Crippen LogP contribution is 2.26. The Morgan fingerprint density at radius 2 is 2.13 bits per heavy atom. The van der Waals surface area contributed by atoms with Crippen molar-refractivity contribution in [3.63, 3.8) is 0 Å². The zero-order chi connectivity index (χ0) is 10.9. The van der Waals surface area contributed by atoms with Gasteiger partial charge < -0.3 is 9.22 Å². The van der Waals surface area contributed by atoms with Gasteiger partial charge in [0, 0.05) is 12.0 Å². The quantitative estimate of drug-likeness (QED) is 0.674. The molecule has 1 atom stereocenters. The molecule has 0 amide bonds. The lowest BCUT2D eigenvalue weighted by Crippen LogP contribution is -2.47. The van der Waals surface area contributed by atoms with Crippen molar-refractivity contribution in [2.75, 3.05) is 27.2 Å². The van der Waals surface area contributed by atoms with Crippen LogP contribution in [0.4, 0.5) is 0 Å². The minimum atomic E-state index is 0.987. The van der Waals surface area contributed by atoms with Crippen molar-refractivity contribution in [2.45, 2.75) is 19.9 Å². The van der Waals surface area contributed by atoms with Crippen LogP contribution in [0.2, 0.25) is 0 Å². The van der Waals surface area contributed by atoms with Crippen LogP contribution in [0.15, 0.2) is 18.2 Å². The predicted molar refractivity (Wildman–Crippen MR) is 62.0 cm³/mol. The molecule has 1 aliphatic rings. The fourth-order valence-corrected chi connectivity index (χ4v) is 2.27. The van der Waals surface area contributed by atoms with E-state index in [1.807, 2.05) is 0 Å². The molecule has 1 aliphatic heterocycles. The molecule has 2 nitrogen and oxygen atoms in total. The van der Waals surface area contributed by atoms with Crippen molar-refractivity contribution < 1.29 is 9.22 Å². The van der Waals surface area contributed by atoms with Crippen LogP contribution >= 0.6 is 0 Å². The standard InChI is InChI=1S/C13H20NO/c1-4-14(2)8-7-11-9-13(15-3)6-5-12(11)10-14/h5-6,9H,4,7-8,10H2,1-3H3/q+1. The number of fused-ring (bicyclic) bond motifs is 1. The summed E-state index contributed by atoms with van der Waals surface area (Å²) >= 11 is 0. The van der Waals surface area contributed by atoms with Crippen LogP contribution in [0.1, 0.15) is 18.1 Å². The van der Waals surface area contributed by atoms with E-state index in [0.29, 0.717) is 0 Å². The van der Waals surface area contributed by atoms with E-state index >= 15 is 0 Å². The number of quaternary nitrogens is 1. The van der Waals surface area contributed by atoms with Gasteiger partial charge in [0.2, 0.25) is 0 Å². The van der Waals surface area contributed by atoms with Gasteiger partial charge in [0.15, 0.2) is 0 Å². The second kappa shape index (κ2) is 3.86. The van der Waals surface area contributed by atoms with Crippen molar-refractivity contribution in [2.24, 2.45) is 0 Å². The maximum Gasteiger partial charge on any atom is 0.119 e. The fraction of sp³-hybridized carbons (Fsp3) is 0.538. The average Bonchev–Trinajstić information content (AvgIpc) is 2.28. The Morgan fingerprint density at radius 3 is 2.80 bits per heavy atom. The summed E-state index contributed by atoms with van der Waals surface area (Å²) in [5.41, 5.74) is 2.96. The molecular formula is C13H20NO+. The Labute approximate surface area is 92.1 Å². The van der Waals surface area contributed by atoms with Gasteiger partial charge in [-0.15, -0.1) is 0 Å². The number of methoxy groups -OCH3 is 1. The number of hydrogen-bond acceptors (Lipinski definition) is 1. The number of ether oxygens (including phenoxy) is 1. The van der Waals surface area contributed by atoms with Gasteiger partial charge in [-0.25, -0.2) is 0 Å². The molecule has 1 unspecified atom stereocenters. The van der Waals surface area contributed by atoms with E-state index in [9.17, 15) is 0 Å². The number of likely N-dealkylation sites (N-methyl/N-ethyl adjacent to an activating group) is 1. The lowest BCUT2D eigenvalue weighted by atomic mass is 9.98. The highest BCUT2D eigenvalue weighted by atomic mass is 16.5. The van der Waals surface area contributed by atoms with Crippen molar-refractivity contribution in [1.82, 2.24) is 0 Å². The normalized spacial score (nSPS) is 24.7. The Balaban J connectivity index is 2.28. The molecule has 1 aromatic carbocycles. The van der Waals surface area contributed by atoms with Gasteiger partial charge in [-0.3, -0.25) is 0 Å². The molecular weight excluding hydrogens is 186 g/mol.